The quantitative estimate of drug-likeness (QED) is 0.668. The molecule has 0 radical (unpaired) electrons. The fourth-order valence-corrected chi connectivity index (χ4v) is 1.96. The first-order chi connectivity index (χ1) is 9.40. The van der Waals surface area contributed by atoms with Crippen molar-refractivity contribution >= 4 is 28.6 Å². The van der Waals surface area contributed by atoms with Gasteiger partial charge in [-0.05, 0) is 18.6 Å². The predicted molar refractivity (Wildman–Crippen MR) is 76.7 cm³/mol. The molecule has 20 heavy (non-hydrogen) atoms. The van der Waals surface area contributed by atoms with Crippen LogP contribution in [-0.4, -0.2) is 4.99 Å². The summed E-state index contributed by atoms with van der Waals surface area (Å²) in [7, 11) is 0. The number of anilines is 2. The number of para-hydroxylation sites is 1. The Hall–Kier alpha value is -2.08. The summed E-state index contributed by atoms with van der Waals surface area (Å²) in [6.07, 6.45) is 0. The summed E-state index contributed by atoms with van der Waals surface area (Å²) in [4.78, 5) is 0.124. The Morgan fingerprint density at radius 3 is 2.40 bits per heavy atom. The van der Waals surface area contributed by atoms with E-state index < -0.39 is 17.5 Å². The van der Waals surface area contributed by atoms with Gasteiger partial charge in [0.1, 0.15) is 10.8 Å². The number of nitrogens with one attached hydrogen (secondary N) is 1. The van der Waals surface area contributed by atoms with Crippen molar-refractivity contribution in [2.45, 2.75) is 6.92 Å². The molecule has 0 spiro atoms. The second-order valence-corrected chi connectivity index (χ2v) is 4.67. The van der Waals surface area contributed by atoms with Crippen LogP contribution in [0.1, 0.15) is 11.1 Å². The maximum Gasteiger partial charge on any atom is 0.161 e. The molecule has 0 saturated carbocycles. The van der Waals surface area contributed by atoms with Gasteiger partial charge in [0.05, 0.1) is 11.4 Å². The van der Waals surface area contributed by atoms with Crippen molar-refractivity contribution in [3.63, 3.8) is 0 Å². The van der Waals surface area contributed by atoms with Crippen molar-refractivity contribution in [2.75, 3.05) is 5.32 Å². The van der Waals surface area contributed by atoms with E-state index in [-0.39, 0.29) is 10.7 Å². The molecule has 0 saturated heterocycles. The van der Waals surface area contributed by atoms with Gasteiger partial charge in [0.2, 0.25) is 0 Å². The molecule has 0 aliphatic heterocycles. The van der Waals surface area contributed by atoms with E-state index >= 15 is 0 Å². The van der Waals surface area contributed by atoms with Gasteiger partial charge in [-0.3, -0.25) is 0 Å². The second-order valence-electron chi connectivity index (χ2n) is 4.23. The number of thiocarbonyl (C=S) groups is 1. The molecule has 0 atom stereocenters. The lowest BCUT2D eigenvalue weighted by atomic mass is 10.1. The summed E-state index contributed by atoms with van der Waals surface area (Å²) in [5.41, 5.74) is 7.12. The predicted octanol–water partition coefficient (Wildman–Crippen LogP) is 3.79. The van der Waals surface area contributed by atoms with Crippen molar-refractivity contribution in [1.29, 1.82) is 0 Å². The van der Waals surface area contributed by atoms with E-state index in [4.69, 9.17) is 18.0 Å². The first-order valence-corrected chi connectivity index (χ1v) is 6.12. The Morgan fingerprint density at radius 2 is 1.75 bits per heavy atom. The number of halogens is 3. The lowest BCUT2D eigenvalue weighted by Crippen LogP contribution is -2.13. The summed E-state index contributed by atoms with van der Waals surface area (Å²) in [6, 6.07) is 6.41. The van der Waals surface area contributed by atoms with E-state index in [0.717, 1.165) is 11.6 Å². The molecule has 2 aromatic rings. The molecule has 0 bridgehead atoms. The van der Waals surface area contributed by atoms with Crippen LogP contribution >= 0.6 is 12.2 Å². The van der Waals surface area contributed by atoms with Crippen LogP contribution in [0.3, 0.4) is 0 Å². The number of rotatable bonds is 3. The average molecular weight is 296 g/mol. The van der Waals surface area contributed by atoms with E-state index in [1.807, 2.05) is 0 Å². The van der Waals surface area contributed by atoms with E-state index in [9.17, 15) is 13.2 Å². The van der Waals surface area contributed by atoms with Gasteiger partial charge in [0, 0.05) is 17.7 Å². The summed E-state index contributed by atoms with van der Waals surface area (Å²) in [5.74, 6) is -3.28. The van der Waals surface area contributed by atoms with Crippen molar-refractivity contribution in [1.82, 2.24) is 0 Å². The molecule has 0 heterocycles. The van der Waals surface area contributed by atoms with E-state index in [2.05, 4.69) is 5.32 Å². The number of nitrogens with two attached hydrogens (primary N) is 1. The molecule has 0 amide bonds. The smallest absolute Gasteiger partial charge is 0.161 e. The van der Waals surface area contributed by atoms with Gasteiger partial charge in [-0.1, -0.05) is 24.4 Å². The summed E-state index contributed by atoms with van der Waals surface area (Å²) in [5, 5.41) is 2.71. The Balaban J connectivity index is 2.50. The Kier molecular flexibility index (Phi) is 3.94. The minimum Gasteiger partial charge on any atom is -0.389 e. The third-order valence-corrected chi connectivity index (χ3v) is 3.03. The molecule has 104 valence electrons. The molecule has 0 unspecified atom stereocenters. The largest absolute Gasteiger partial charge is 0.389 e. The van der Waals surface area contributed by atoms with Crippen molar-refractivity contribution in [3.8, 4) is 0 Å². The normalized spacial score (nSPS) is 10.4. The standard InChI is InChI=1S/C14H11F3N2S/c1-7-3-2-4-8(14(18)20)13(7)19-12-6-10(16)9(15)5-11(12)17/h2-6,19H,1H3,(H2,18,20). The van der Waals surface area contributed by atoms with Gasteiger partial charge in [-0.15, -0.1) is 0 Å². The van der Waals surface area contributed by atoms with Gasteiger partial charge >= 0.3 is 0 Å². The Bertz CT molecular complexity index is 686. The fraction of sp³-hybridized carbons (Fsp3) is 0.0714. The number of aryl methyl sites for hydroxylation is 1. The van der Waals surface area contributed by atoms with Crippen LogP contribution in [0.2, 0.25) is 0 Å². The summed E-state index contributed by atoms with van der Waals surface area (Å²) in [6.45, 7) is 1.77. The van der Waals surface area contributed by atoms with Gasteiger partial charge in [-0.25, -0.2) is 13.2 Å². The minimum absolute atomic E-state index is 0.124. The van der Waals surface area contributed by atoms with E-state index in [1.54, 1.807) is 25.1 Å². The molecular formula is C14H11F3N2S. The molecule has 2 aromatic carbocycles. The van der Waals surface area contributed by atoms with E-state index in [0.29, 0.717) is 17.3 Å². The van der Waals surface area contributed by atoms with Gasteiger partial charge in [-0.2, -0.15) is 0 Å². The van der Waals surface area contributed by atoms with Crippen molar-refractivity contribution in [2.24, 2.45) is 5.73 Å². The van der Waals surface area contributed by atoms with E-state index in [1.165, 1.54) is 0 Å². The molecule has 0 fully saturated rings. The first-order valence-electron chi connectivity index (χ1n) is 5.71. The number of benzene rings is 2. The van der Waals surface area contributed by atoms with Gasteiger partial charge in [0.15, 0.2) is 11.6 Å². The van der Waals surface area contributed by atoms with Crippen LogP contribution in [0, 0.1) is 24.4 Å². The highest BCUT2D eigenvalue weighted by molar-refractivity contribution is 7.80. The summed E-state index contributed by atoms with van der Waals surface area (Å²) < 4.78 is 39.7. The van der Waals surface area contributed by atoms with Gasteiger partial charge < -0.3 is 11.1 Å². The average Bonchev–Trinajstić information content (AvgIpc) is 2.37. The number of hydrogen-bond donors (Lipinski definition) is 2. The van der Waals surface area contributed by atoms with Gasteiger partial charge in [0.25, 0.3) is 0 Å². The zero-order valence-corrected chi connectivity index (χ0v) is 11.3. The van der Waals surface area contributed by atoms with Crippen LogP contribution < -0.4 is 11.1 Å². The highest BCUT2D eigenvalue weighted by atomic mass is 32.1. The summed E-state index contributed by atoms with van der Waals surface area (Å²) >= 11 is 4.91. The van der Waals surface area contributed by atoms with Crippen LogP contribution in [0.5, 0.6) is 0 Å². The molecule has 3 N–H and O–H groups in total. The molecule has 0 aromatic heterocycles. The highest BCUT2D eigenvalue weighted by Gasteiger charge is 2.13. The zero-order chi connectivity index (χ0) is 14.9. The van der Waals surface area contributed by atoms with Crippen molar-refractivity contribution in [3.05, 3.63) is 58.9 Å². The van der Waals surface area contributed by atoms with Crippen molar-refractivity contribution < 1.29 is 13.2 Å². The first kappa shape index (κ1) is 14.3. The number of hydrogen-bond acceptors (Lipinski definition) is 2. The lowest BCUT2D eigenvalue weighted by molar-refractivity contribution is 0.496. The topological polar surface area (TPSA) is 38.0 Å². The fourth-order valence-electron chi connectivity index (χ4n) is 1.79. The third-order valence-electron chi connectivity index (χ3n) is 2.81. The van der Waals surface area contributed by atoms with Crippen LogP contribution in [-0.2, 0) is 0 Å². The Morgan fingerprint density at radius 1 is 1.10 bits per heavy atom. The molecule has 2 nitrogen and oxygen atoms in total. The van der Waals surface area contributed by atoms with Crippen LogP contribution in [0.4, 0.5) is 24.5 Å². The van der Waals surface area contributed by atoms with Crippen LogP contribution in [0.25, 0.3) is 0 Å². The third kappa shape index (κ3) is 2.75. The maximum atomic E-state index is 13.6. The maximum absolute atomic E-state index is 13.6. The molecule has 2 rings (SSSR count). The lowest BCUT2D eigenvalue weighted by Gasteiger charge is -2.15. The highest BCUT2D eigenvalue weighted by Crippen LogP contribution is 2.27. The minimum atomic E-state index is -1.24. The van der Waals surface area contributed by atoms with Crippen LogP contribution in [0.15, 0.2) is 30.3 Å². The molecule has 6 heteroatoms. The zero-order valence-electron chi connectivity index (χ0n) is 10.5. The second kappa shape index (κ2) is 5.50. The monoisotopic (exact) mass is 296 g/mol. The molecular weight excluding hydrogens is 285 g/mol. The SMILES string of the molecule is Cc1cccc(C(N)=S)c1Nc1cc(F)c(F)cc1F. The molecule has 0 aliphatic carbocycles. The molecule has 0 aliphatic rings. The Labute approximate surface area is 119 Å².